The third kappa shape index (κ3) is 6.97. The number of aliphatic hydroxyl groups is 1. The second kappa shape index (κ2) is 9.36. The molecule has 0 radical (unpaired) electrons. The summed E-state index contributed by atoms with van der Waals surface area (Å²) in [7, 11) is 0. The van der Waals surface area contributed by atoms with Gasteiger partial charge < -0.3 is 14.7 Å². The first-order chi connectivity index (χ1) is 10.4. The van der Waals surface area contributed by atoms with Crippen LogP contribution in [0, 0.1) is 0 Å². The molecule has 22 heavy (non-hydrogen) atoms. The molecule has 1 amide bonds. The third-order valence-corrected chi connectivity index (χ3v) is 4.02. The molecular formula is C17H34N2O3. The van der Waals surface area contributed by atoms with Gasteiger partial charge in [0, 0.05) is 19.6 Å². The van der Waals surface area contributed by atoms with Crippen molar-refractivity contribution in [2.75, 3.05) is 32.8 Å². The molecule has 5 nitrogen and oxygen atoms in total. The van der Waals surface area contributed by atoms with Crippen LogP contribution in [0.5, 0.6) is 0 Å². The summed E-state index contributed by atoms with van der Waals surface area (Å²) < 4.78 is 5.42. The lowest BCUT2D eigenvalue weighted by Crippen LogP contribution is -2.56. The lowest BCUT2D eigenvalue weighted by Gasteiger charge is -2.41. The quantitative estimate of drug-likeness (QED) is 0.734. The monoisotopic (exact) mass is 314 g/mol. The first-order valence-electron chi connectivity index (χ1n) is 8.70. The van der Waals surface area contributed by atoms with Crippen molar-refractivity contribution in [1.29, 1.82) is 0 Å². The van der Waals surface area contributed by atoms with E-state index in [1.807, 2.05) is 20.8 Å². The van der Waals surface area contributed by atoms with Gasteiger partial charge >= 0.3 is 6.09 Å². The summed E-state index contributed by atoms with van der Waals surface area (Å²) in [5, 5.41) is 9.61. The van der Waals surface area contributed by atoms with Gasteiger partial charge in [-0.25, -0.2) is 4.79 Å². The number of rotatable bonds is 7. The van der Waals surface area contributed by atoms with E-state index in [-0.39, 0.29) is 18.7 Å². The zero-order valence-corrected chi connectivity index (χ0v) is 14.8. The van der Waals surface area contributed by atoms with E-state index in [0.29, 0.717) is 13.1 Å². The summed E-state index contributed by atoms with van der Waals surface area (Å²) in [5.41, 5.74) is -0.470. The van der Waals surface area contributed by atoms with E-state index in [0.717, 1.165) is 13.1 Å². The first-order valence-corrected chi connectivity index (χ1v) is 8.70. The van der Waals surface area contributed by atoms with Crippen LogP contribution in [0.4, 0.5) is 4.79 Å². The molecule has 1 fully saturated rings. The standard InChI is InChI=1S/C17H34N2O3/c1-5-6-7-8-9-10-18-11-12-19(13-15(18)14-20)16(21)22-17(2,3)4/h15,20H,5-14H2,1-4H3/t15-/m1/s1. The van der Waals surface area contributed by atoms with E-state index in [4.69, 9.17) is 4.74 Å². The Labute approximate surface area is 135 Å². The Morgan fingerprint density at radius 2 is 1.86 bits per heavy atom. The zero-order chi connectivity index (χ0) is 16.6. The molecule has 0 aliphatic carbocycles. The summed E-state index contributed by atoms with van der Waals surface area (Å²) in [4.78, 5) is 16.2. The average molecular weight is 314 g/mol. The van der Waals surface area contributed by atoms with Gasteiger partial charge in [-0.15, -0.1) is 0 Å². The highest BCUT2D eigenvalue weighted by molar-refractivity contribution is 5.68. The molecule has 0 aromatic rings. The Morgan fingerprint density at radius 3 is 2.45 bits per heavy atom. The van der Waals surface area contributed by atoms with Crippen LogP contribution in [0.1, 0.15) is 59.8 Å². The predicted octanol–water partition coefficient (Wildman–Crippen LogP) is 2.87. The maximum Gasteiger partial charge on any atom is 0.410 e. The van der Waals surface area contributed by atoms with Gasteiger partial charge in [-0.1, -0.05) is 32.6 Å². The van der Waals surface area contributed by atoms with Crippen LogP contribution in [0.2, 0.25) is 0 Å². The number of hydrogen-bond donors (Lipinski definition) is 1. The van der Waals surface area contributed by atoms with Gasteiger partial charge in [0.25, 0.3) is 0 Å². The van der Waals surface area contributed by atoms with E-state index in [9.17, 15) is 9.90 Å². The molecule has 130 valence electrons. The van der Waals surface area contributed by atoms with Gasteiger partial charge in [0.1, 0.15) is 5.60 Å². The molecule has 1 aliphatic rings. The molecular weight excluding hydrogens is 280 g/mol. The maximum atomic E-state index is 12.1. The summed E-state index contributed by atoms with van der Waals surface area (Å²) in [6.45, 7) is 11.0. The highest BCUT2D eigenvalue weighted by atomic mass is 16.6. The summed E-state index contributed by atoms with van der Waals surface area (Å²) in [6, 6.07) is 0.0347. The maximum absolute atomic E-state index is 12.1. The van der Waals surface area contributed by atoms with Gasteiger partial charge in [0.05, 0.1) is 12.6 Å². The van der Waals surface area contributed by atoms with Crippen LogP contribution in [0.25, 0.3) is 0 Å². The van der Waals surface area contributed by atoms with Crippen molar-refractivity contribution in [2.45, 2.75) is 71.4 Å². The summed E-state index contributed by atoms with van der Waals surface area (Å²) >= 11 is 0. The number of carbonyl (C=O) groups excluding carboxylic acids is 1. The SMILES string of the molecule is CCCCCCCN1CCN(C(=O)OC(C)(C)C)C[C@@H]1CO. The van der Waals surface area contributed by atoms with Crippen LogP contribution >= 0.6 is 0 Å². The smallest absolute Gasteiger partial charge is 0.410 e. The Bertz CT molecular complexity index is 328. The largest absolute Gasteiger partial charge is 0.444 e. The number of ether oxygens (including phenoxy) is 1. The van der Waals surface area contributed by atoms with Crippen LogP contribution < -0.4 is 0 Å². The topological polar surface area (TPSA) is 53.0 Å². The number of amides is 1. The van der Waals surface area contributed by atoms with Crippen LogP contribution in [-0.2, 0) is 4.74 Å². The molecule has 1 rings (SSSR count). The van der Waals surface area contributed by atoms with Crippen molar-refractivity contribution in [3.63, 3.8) is 0 Å². The van der Waals surface area contributed by atoms with Gasteiger partial charge in [-0.3, -0.25) is 4.90 Å². The molecule has 0 aromatic carbocycles. The van der Waals surface area contributed by atoms with E-state index in [1.165, 1.54) is 32.1 Å². The Hall–Kier alpha value is -0.810. The Balaban J connectivity index is 2.38. The van der Waals surface area contributed by atoms with Crippen LogP contribution in [0.3, 0.4) is 0 Å². The van der Waals surface area contributed by atoms with Gasteiger partial charge in [0.2, 0.25) is 0 Å². The fraction of sp³-hybridized carbons (Fsp3) is 0.941. The second-order valence-electron chi connectivity index (χ2n) is 7.21. The highest BCUT2D eigenvalue weighted by Gasteiger charge is 2.31. The molecule has 1 N–H and O–H groups in total. The van der Waals surface area contributed by atoms with Crippen LogP contribution in [-0.4, -0.2) is 65.4 Å². The zero-order valence-electron chi connectivity index (χ0n) is 14.8. The fourth-order valence-electron chi connectivity index (χ4n) is 2.77. The third-order valence-electron chi connectivity index (χ3n) is 4.02. The molecule has 1 atom stereocenters. The minimum absolute atomic E-state index is 0.0347. The molecule has 0 bridgehead atoms. The number of unbranched alkanes of at least 4 members (excludes halogenated alkanes) is 4. The van der Waals surface area contributed by atoms with Gasteiger partial charge in [-0.2, -0.15) is 0 Å². The van der Waals surface area contributed by atoms with Crippen molar-refractivity contribution < 1.29 is 14.6 Å². The minimum atomic E-state index is -0.470. The van der Waals surface area contributed by atoms with Crippen LogP contribution in [0.15, 0.2) is 0 Å². The number of carbonyl (C=O) groups is 1. The molecule has 0 aromatic heterocycles. The van der Waals surface area contributed by atoms with Crippen molar-refractivity contribution in [3.05, 3.63) is 0 Å². The number of nitrogens with zero attached hydrogens (tertiary/aromatic N) is 2. The Kier molecular flexibility index (Phi) is 8.18. The Morgan fingerprint density at radius 1 is 1.18 bits per heavy atom. The molecule has 0 unspecified atom stereocenters. The van der Waals surface area contributed by atoms with Crippen molar-refractivity contribution in [2.24, 2.45) is 0 Å². The van der Waals surface area contributed by atoms with Crippen molar-refractivity contribution >= 4 is 6.09 Å². The molecule has 1 saturated heterocycles. The van der Waals surface area contributed by atoms with E-state index < -0.39 is 5.60 Å². The number of piperazine rings is 1. The molecule has 1 aliphatic heterocycles. The molecule has 0 spiro atoms. The van der Waals surface area contributed by atoms with Crippen molar-refractivity contribution in [1.82, 2.24) is 9.80 Å². The second-order valence-corrected chi connectivity index (χ2v) is 7.21. The number of hydrogen-bond acceptors (Lipinski definition) is 4. The summed E-state index contributed by atoms with van der Waals surface area (Å²) in [6.07, 6.45) is 6.00. The average Bonchev–Trinajstić information content (AvgIpc) is 2.45. The lowest BCUT2D eigenvalue weighted by molar-refractivity contribution is -0.00454. The van der Waals surface area contributed by atoms with Gasteiger partial charge in [-0.05, 0) is 33.7 Å². The number of aliphatic hydroxyl groups excluding tert-OH is 1. The normalized spacial score (nSPS) is 20.2. The molecule has 5 heteroatoms. The summed E-state index contributed by atoms with van der Waals surface area (Å²) in [5.74, 6) is 0. The van der Waals surface area contributed by atoms with Crippen molar-refractivity contribution in [3.8, 4) is 0 Å². The minimum Gasteiger partial charge on any atom is -0.444 e. The predicted molar refractivity (Wildman–Crippen MR) is 89.0 cm³/mol. The first kappa shape index (κ1) is 19.2. The van der Waals surface area contributed by atoms with E-state index >= 15 is 0 Å². The fourth-order valence-corrected chi connectivity index (χ4v) is 2.77. The lowest BCUT2D eigenvalue weighted by atomic mass is 10.1. The molecule has 1 heterocycles. The van der Waals surface area contributed by atoms with E-state index in [2.05, 4.69) is 11.8 Å². The van der Waals surface area contributed by atoms with Gasteiger partial charge in [0.15, 0.2) is 0 Å². The highest BCUT2D eigenvalue weighted by Crippen LogP contribution is 2.16. The molecule has 0 saturated carbocycles. The van der Waals surface area contributed by atoms with E-state index in [1.54, 1.807) is 4.90 Å².